The molecule has 0 bridgehead atoms. The SMILES string of the molecule is CCCN(C)S(=O)(=O)c1cc(Br)cc(N)c1C. The van der Waals surface area contributed by atoms with Gasteiger partial charge in [-0.25, -0.2) is 12.7 Å². The zero-order chi connectivity index (χ0) is 13.2. The van der Waals surface area contributed by atoms with E-state index < -0.39 is 10.0 Å². The molecule has 0 aliphatic heterocycles. The first-order chi connectivity index (χ1) is 7.80. The summed E-state index contributed by atoms with van der Waals surface area (Å²) >= 11 is 3.26. The fraction of sp³-hybridized carbons (Fsp3) is 0.455. The van der Waals surface area contributed by atoms with Crippen LogP contribution in [-0.2, 0) is 10.0 Å². The zero-order valence-electron chi connectivity index (χ0n) is 10.2. The van der Waals surface area contributed by atoms with E-state index in [0.717, 1.165) is 6.42 Å². The number of halogens is 1. The van der Waals surface area contributed by atoms with Gasteiger partial charge in [0.2, 0.25) is 10.0 Å². The molecule has 1 aromatic rings. The molecule has 0 radical (unpaired) electrons. The van der Waals surface area contributed by atoms with Crippen LogP contribution in [0.3, 0.4) is 0 Å². The maximum Gasteiger partial charge on any atom is 0.243 e. The van der Waals surface area contributed by atoms with Gasteiger partial charge in [0.15, 0.2) is 0 Å². The third-order valence-corrected chi connectivity index (χ3v) is 5.03. The molecule has 0 atom stereocenters. The highest BCUT2D eigenvalue weighted by Gasteiger charge is 2.23. The van der Waals surface area contributed by atoms with E-state index >= 15 is 0 Å². The molecule has 96 valence electrons. The van der Waals surface area contributed by atoms with Crippen LogP contribution in [0.2, 0.25) is 0 Å². The van der Waals surface area contributed by atoms with Crippen molar-refractivity contribution in [3.63, 3.8) is 0 Å². The third kappa shape index (κ3) is 3.00. The second-order valence-electron chi connectivity index (χ2n) is 3.94. The summed E-state index contributed by atoms with van der Waals surface area (Å²) in [7, 11) is -1.87. The van der Waals surface area contributed by atoms with Gasteiger partial charge in [0.1, 0.15) is 0 Å². The summed E-state index contributed by atoms with van der Waals surface area (Å²) in [6.07, 6.45) is 0.776. The molecule has 1 aromatic carbocycles. The van der Waals surface area contributed by atoms with Gasteiger partial charge in [0.25, 0.3) is 0 Å². The van der Waals surface area contributed by atoms with Gasteiger partial charge in [-0.3, -0.25) is 0 Å². The number of rotatable bonds is 4. The van der Waals surface area contributed by atoms with Crippen molar-refractivity contribution in [1.29, 1.82) is 0 Å². The van der Waals surface area contributed by atoms with E-state index in [4.69, 9.17) is 5.73 Å². The van der Waals surface area contributed by atoms with E-state index in [0.29, 0.717) is 22.3 Å². The van der Waals surface area contributed by atoms with Gasteiger partial charge in [-0.05, 0) is 31.0 Å². The van der Waals surface area contributed by atoms with Crippen molar-refractivity contribution in [3.8, 4) is 0 Å². The second-order valence-corrected chi connectivity index (χ2v) is 6.87. The van der Waals surface area contributed by atoms with Crippen LogP contribution < -0.4 is 5.73 Å². The highest BCUT2D eigenvalue weighted by Crippen LogP contribution is 2.28. The summed E-state index contributed by atoms with van der Waals surface area (Å²) < 4.78 is 26.6. The normalized spacial score (nSPS) is 12.1. The summed E-state index contributed by atoms with van der Waals surface area (Å²) in [4.78, 5) is 0.264. The first-order valence-corrected chi connectivity index (χ1v) is 7.56. The number of sulfonamides is 1. The van der Waals surface area contributed by atoms with E-state index in [1.807, 2.05) is 6.92 Å². The molecule has 0 heterocycles. The molecule has 17 heavy (non-hydrogen) atoms. The maximum absolute atomic E-state index is 12.3. The van der Waals surface area contributed by atoms with Crippen LogP contribution in [0.1, 0.15) is 18.9 Å². The predicted octanol–water partition coefficient (Wildman–Crippen LogP) is 2.37. The fourth-order valence-electron chi connectivity index (χ4n) is 1.55. The van der Waals surface area contributed by atoms with Gasteiger partial charge in [-0.15, -0.1) is 0 Å². The summed E-state index contributed by atoms with van der Waals surface area (Å²) in [5, 5.41) is 0. The topological polar surface area (TPSA) is 63.4 Å². The Morgan fingerprint density at radius 1 is 1.41 bits per heavy atom. The van der Waals surface area contributed by atoms with E-state index in [2.05, 4.69) is 15.9 Å². The lowest BCUT2D eigenvalue weighted by Crippen LogP contribution is -2.28. The van der Waals surface area contributed by atoms with E-state index in [1.54, 1.807) is 26.1 Å². The smallest absolute Gasteiger partial charge is 0.243 e. The average molecular weight is 321 g/mol. The Morgan fingerprint density at radius 2 is 2.00 bits per heavy atom. The number of nitrogen functional groups attached to an aromatic ring is 1. The van der Waals surface area contributed by atoms with Crippen LogP contribution in [0.25, 0.3) is 0 Å². The Hall–Kier alpha value is -0.590. The minimum absolute atomic E-state index is 0.264. The molecule has 0 aliphatic carbocycles. The molecular formula is C11H17BrN2O2S. The molecule has 0 fully saturated rings. The minimum atomic E-state index is -3.45. The van der Waals surface area contributed by atoms with Gasteiger partial charge in [-0.2, -0.15) is 0 Å². The van der Waals surface area contributed by atoms with Crippen molar-refractivity contribution in [2.45, 2.75) is 25.2 Å². The molecule has 6 heteroatoms. The average Bonchev–Trinajstić information content (AvgIpc) is 2.23. The summed E-state index contributed by atoms with van der Waals surface area (Å²) in [6, 6.07) is 3.29. The fourth-order valence-corrected chi connectivity index (χ4v) is 3.71. The second kappa shape index (κ2) is 5.37. The van der Waals surface area contributed by atoms with E-state index in [-0.39, 0.29) is 4.90 Å². The van der Waals surface area contributed by atoms with Crippen molar-refractivity contribution in [2.75, 3.05) is 19.3 Å². The number of benzene rings is 1. The highest BCUT2D eigenvalue weighted by molar-refractivity contribution is 9.10. The predicted molar refractivity (Wildman–Crippen MR) is 73.4 cm³/mol. The number of nitrogens with two attached hydrogens (primary N) is 1. The standard InChI is InChI=1S/C11H17BrN2O2S/c1-4-5-14(3)17(15,16)11-7-9(12)6-10(13)8(11)2/h6-7H,4-5,13H2,1-3H3. The van der Waals surface area contributed by atoms with Gasteiger partial charge in [-0.1, -0.05) is 22.9 Å². The first-order valence-electron chi connectivity index (χ1n) is 5.32. The lowest BCUT2D eigenvalue weighted by Gasteiger charge is -2.18. The summed E-state index contributed by atoms with van der Waals surface area (Å²) in [5.41, 5.74) is 6.85. The molecule has 2 N–H and O–H groups in total. The molecule has 0 unspecified atom stereocenters. The molecule has 0 amide bonds. The number of hydrogen-bond acceptors (Lipinski definition) is 3. The minimum Gasteiger partial charge on any atom is -0.398 e. The number of hydrogen-bond donors (Lipinski definition) is 1. The third-order valence-electron chi connectivity index (χ3n) is 2.59. The molecule has 1 rings (SSSR count). The van der Waals surface area contributed by atoms with Crippen LogP contribution in [0.4, 0.5) is 5.69 Å². The molecular weight excluding hydrogens is 304 g/mol. The number of nitrogens with zero attached hydrogens (tertiary/aromatic N) is 1. The lowest BCUT2D eigenvalue weighted by molar-refractivity contribution is 0.468. The molecule has 0 saturated heterocycles. The highest BCUT2D eigenvalue weighted by atomic mass is 79.9. The van der Waals surface area contributed by atoms with Crippen LogP contribution in [-0.4, -0.2) is 26.3 Å². The molecule has 0 aliphatic rings. The largest absolute Gasteiger partial charge is 0.398 e. The monoisotopic (exact) mass is 320 g/mol. The molecule has 0 saturated carbocycles. The Bertz CT molecular complexity index is 514. The van der Waals surface area contributed by atoms with Crippen molar-refractivity contribution in [3.05, 3.63) is 22.2 Å². The van der Waals surface area contributed by atoms with Crippen LogP contribution in [0.15, 0.2) is 21.5 Å². The van der Waals surface area contributed by atoms with Gasteiger partial charge < -0.3 is 5.73 Å². The Morgan fingerprint density at radius 3 is 2.53 bits per heavy atom. The summed E-state index contributed by atoms with van der Waals surface area (Å²) in [6.45, 7) is 4.15. The molecule has 0 aromatic heterocycles. The van der Waals surface area contributed by atoms with Gasteiger partial charge in [0.05, 0.1) is 4.90 Å². The van der Waals surface area contributed by atoms with Crippen LogP contribution in [0, 0.1) is 6.92 Å². The Kier molecular flexibility index (Phi) is 4.57. The van der Waals surface area contributed by atoms with Crippen molar-refractivity contribution in [2.24, 2.45) is 0 Å². The Labute approximate surface area is 111 Å². The molecule has 4 nitrogen and oxygen atoms in total. The Balaban J connectivity index is 3.33. The summed E-state index contributed by atoms with van der Waals surface area (Å²) in [5.74, 6) is 0. The van der Waals surface area contributed by atoms with E-state index in [9.17, 15) is 8.42 Å². The van der Waals surface area contributed by atoms with E-state index in [1.165, 1.54) is 4.31 Å². The van der Waals surface area contributed by atoms with Crippen molar-refractivity contribution in [1.82, 2.24) is 4.31 Å². The van der Waals surface area contributed by atoms with Gasteiger partial charge >= 0.3 is 0 Å². The van der Waals surface area contributed by atoms with Crippen LogP contribution >= 0.6 is 15.9 Å². The van der Waals surface area contributed by atoms with Crippen LogP contribution in [0.5, 0.6) is 0 Å². The van der Waals surface area contributed by atoms with Crippen molar-refractivity contribution < 1.29 is 8.42 Å². The molecule has 0 spiro atoms. The first kappa shape index (κ1) is 14.5. The quantitative estimate of drug-likeness (QED) is 0.866. The number of anilines is 1. The van der Waals surface area contributed by atoms with Crippen molar-refractivity contribution >= 4 is 31.6 Å². The zero-order valence-corrected chi connectivity index (χ0v) is 12.6. The lowest BCUT2D eigenvalue weighted by atomic mass is 10.2. The maximum atomic E-state index is 12.3. The van der Waals surface area contributed by atoms with Gasteiger partial charge in [0, 0.05) is 23.8 Å².